The molecule has 2 aromatic carbocycles. The standard InChI is InChI=1S/C14H16N2O2S/c1-11(12-5-3-2-4-6-12)16-13-7-9-14(10-8-13)19(15,17)18/h2-11,16H,1H3,(H2,15,17,18). The third-order valence-corrected chi connectivity index (χ3v) is 3.79. The average molecular weight is 276 g/mol. The van der Waals surface area contributed by atoms with E-state index in [1.807, 2.05) is 37.3 Å². The predicted octanol–water partition coefficient (Wildman–Crippen LogP) is 2.51. The van der Waals surface area contributed by atoms with E-state index in [1.165, 1.54) is 12.1 Å². The molecule has 0 heterocycles. The predicted molar refractivity (Wildman–Crippen MR) is 76.3 cm³/mol. The molecule has 0 amide bonds. The van der Waals surface area contributed by atoms with Gasteiger partial charge in [-0.2, -0.15) is 0 Å². The molecule has 3 N–H and O–H groups in total. The second-order valence-electron chi connectivity index (χ2n) is 4.35. The van der Waals surface area contributed by atoms with Crippen LogP contribution in [0.3, 0.4) is 0 Å². The smallest absolute Gasteiger partial charge is 0.238 e. The van der Waals surface area contributed by atoms with E-state index in [-0.39, 0.29) is 10.9 Å². The molecule has 0 spiro atoms. The maximum absolute atomic E-state index is 11.1. The van der Waals surface area contributed by atoms with Crippen molar-refractivity contribution in [3.8, 4) is 0 Å². The van der Waals surface area contributed by atoms with Crippen LogP contribution in [0, 0.1) is 0 Å². The summed E-state index contributed by atoms with van der Waals surface area (Å²) >= 11 is 0. The van der Waals surface area contributed by atoms with E-state index in [0.717, 1.165) is 11.3 Å². The van der Waals surface area contributed by atoms with Crippen LogP contribution in [0.2, 0.25) is 0 Å². The topological polar surface area (TPSA) is 72.2 Å². The number of nitrogens with two attached hydrogens (primary N) is 1. The molecule has 0 radical (unpaired) electrons. The fourth-order valence-corrected chi connectivity index (χ4v) is 2.33. The summed E-state index contributed by atoms with van der Waals surface area (Å²) in [7, 11) is -3.63. The van der Waals surface area contributed by atoms with Crippen LogP contribution in [-0.2, 0) is 10.0 Å². The maximum atomic E-state index is 11.1. The third kappa shape index (κ3) is 3.56. The zero-order valence-electron chi connectivity index (χ0n) is 10.6. The number of benzene rings is 2. The molecule has 0 aromatic heterocycles. The molecule has 2 aromatic rings. The number of hydrogen-bond acceptors (Lipinski definition) is 3. The van der Waals surface area contributed by atoms with E-state index in [0.29, 0.717) is 0 Å². The van der Waals surface area contributed by atoms with Crippen LogP contribution in [0.25, 0.3) is 0 Å². The molecule has 1 atom stereocenters. The Morgan fingerprint density at radius 3 is 2.11 bits per heavy atom. The van der Waals surface area contributed by atoms with E-state index in [4.69, 9.17) is 5.14 Å². The summed E-state index contributed by atoms with van der Waals surface area (Å²) in [6.07, 6.45) is 0. The van der Waals surface area contributed by atoms with Crippen molar-refractivity contribution in [1.82, 2.24) is 0 Å². The number of sulfonamides is 1. The van der Waals surface area contributed by atoms with Gasteiger partial charge in [0.15, 0.2) is 0 Å². The molecular formula is C14H16N2O2S. The minimum atomic E-state index is -3.63. The van der Waals surface area contributed by atoms with Gasteiger partial charge in [-0.15, -0.1) is 0 Å². The lowest BCUT2D eigenvalue weighted by Gasteiger charge is -2.15. The first-order valence-corrected chi connectivity index (χ1v) is 7.46. The normalized spacial score (nSPS) is 12.9. The monoisotopic (exact) mass is 276 g/mol. The number of primary sulfonamides is 1. The first-order valence-electron chi connectivity index (χ1n) is 5.91. The average Bonchev–Trinajstić information content (AvgIpc) is 2.39. The highest BCUT2D eigenvalue weighted by Crippen LogP contribution is 2.20. The molecule has 5 heteroatoms. The minimum Gasteiger partial charge on any atom is -0.379 e. The van der Waals surface area contributed by atoms with E-state index in [1.54, 1.807) is 12.1 Å². The molecule has 0 saturated heterocycles. The van der Waals surface area contributed by atoms with Gasteiger partial charge in [-0.25, -0.2) is 13.6 Å². The van der Waals surface area contributed by atoms with Crippen molar-refractivity contribution < 1.29 is 8.42 Å². The molecule has 2 rings (SSSR count). The fraction of sp³-hybridized carbons (Fsp3) is 0.143. The summed E-state index contributed by atoms with van der Waals surface area (Å²) in [6, 6.07) is 16.6. The van der Waals surface area contributed by atoms with Gasteiger partial charge in [0.1, 0.15) is 0 Å². The Labute approximate surface area is 113 Å². The number of nitrogens with one attached hydrogen (secondary N) is 1. The molecule has 0 bridgehead atoms. The van der Waals surface area contributed by atoms with Crippen molar-refractivity contribution in [2.45, 2.75) is 17.9 Å². The molecule has 0 aliphatic heterocycles. The lowest BCUT2D eigenvalue weighted by Crippen LogP contribution is -2.12. The zero-order valence-corrected chi connectivity index (χ0v) is 11.4. The number of hydrogen-bond donors (Lipinski definition) is 2. The van der Waals surface area contributed by atoms with E-state index in [9.17, 15) is 8.42 Å². The summed E-state index contributed by atoms with van der Waals surface area (Å²) in [6.45, 7) is 2.04. The molecule has 19 heavy (non-hydrogen) atoms. The molecule has 0 aliphatic carbocycles. The van der Waals surface area contributed by atoms with E-state index in [2.05, 4.69) is 5.32 Å². The van der Waals surface area contributed by atoms with E-state index < -0.39 is 10.0 Å². The number of anilines is 1. The quantitative estimate of drug-likeness (QED) is 0.901. The lowest BCUT2D eigenvalue weighted by molar-refractivity contribution is 0.598. The second-order valence-corrected chi connectivity index (χ2v) is 5.91. The molecule has 0 fully saturated rings. The van der Waals surface area contributed by atoms with Crippen molar-refractivity contribution in [3.63, 3.8) is 0 Å². The van der Waals surface area contributed by atoms with Crippen LogP contribution < -0.4 is 10.5 Å². The van der Waals surface area contributed by atoms with Crippen molar-refractivity contribution in [2.75, 3.05) is 5.32 Å². The van der Waals surface area contributed by atoms with Crippen molar-refractivity contribution in [3.05, 3.63) is 60.2 Å². The van der Waals surface area contributed by atoms with Crippen LogP contribution in [0.5, 0.6) is 0 Å². The van der Waals surface area contributed by atoms with Crippen LogP contribution in [0.1, 0.15) is 18.5 Å². The van der Waals surface area contributed by atoms with Crippen molar-refractivity contribution in [1.29, 1.82) is 0 Å². The first-order chi connectivity index (χ1) is 8.97. The molecule has 0 saturated carbocycles. The fourth-order valence-electron chi connectivity index (χ4n) is 1.82. The molecule has 0 aliphatic rings. The van der Waals surface area contributed by atoms with Gasteiger partial charge in [-0.1, -0.05) is 30.3 Å². The lowest BCUT2D eigenvalue weighted by atomic mass is 10.1. The Bertz CT molecular complexity index is 637. The van der Waals surface area contributed by atoms with Gasteiger partial charge in [0, 0.05) is 11.7 Å². The second kappa shape index (κ2) is 5.42. The Kier molecular flexibility index (Phi) is 3.87. The van der Waals surface area contributed by atoms with Gasteiger partial charge < -0.3 is 5.32 Å². The summed E-state index contributed by atoms with van der Waals surface area (Å²) in [5.74, 6) is 0. The van der Waals surface area contributed by atoms with Crippen LogP contribution in [0.4, 0.5) is 5.69 Å². The summed E-state index contributed by atoms with van der Waals surface area (Å²) in [4.78, 5) is 0.116. The Morgan fingerprint density at radius 2 is 1.58 bits per heavy atom. The van der Waals surface area contributed by atoms with Gasteiger partial charge >= 0.3 is 0 Å². The SMILES string of the molecule is CC(Nc1ccc(S(N)(=O)=O)cc1)c1ccccc1. The number of rotatable bonds is 4. The Hall–Kier alpha value is -1.85. The van der Waals surface area contributed by atoms with Gasteiger partial charge in [0.2, 0.25) is 10.0 Å². The summed E-state index contributed by atoms with van der Waals surface area (Å²) < 4.78 is 22.3. The highest BCUT2D eigenvalue weighted by molar-refractivity contribution is 7.89. The highest BCUT2D eigenvalue weighted by atomic mass is 32.2. The molecule has 100 valence electrons. The van der Waals surface area contributed by atoms with Gasteiger partial charge in [0.05, 0.1) is 4.90 Å². The summed E-state index contributed by atoms with van der Waals surface area (Å²) in [5.41, 5.74) is 2.02. The van der Waals surface area contributed by atoms with Gasteiger partial charge in [-0.05, 0) is 36.8 Å². The van der Waals surface area contributed by atoms with Crippen molar-refractivity contribution >= 4 is 15.7 Å². The minimum absolute atomic E-state index is 0.116. The van der Waals surface area contributed by atoms with Gasteiger partial charge in [0.25, 0.3) is 0 Å². The Balaban J connectivity index is 2.12. The first kappa shape index (κ1) is 13.6. The maximum Gasteiger partial charge on any atom is 0.238 e. The third-order valence-electron chi connectivity index (χ3n) is 2.87. The highest BCUT2D eigenvalue weighted by Gasteiger charge is 2.08. The van der Waals surface area contributed by atoms with Crippen LogP contribution in [-0.4, -0.2) is 8.42 Å². The molecule has 1 unspecified atom stereocenters. The zero-order chi connectivity index (χ0) is 13.9. The van der Waals surface area contributed by atoms with Crippen LogP contribution in [0.15, 0.2) is 59.5 Å². The molecule has 4 nitrogen and oxygen atoms in total. The van der Waals surface area contributed by atoms with E-state index >= 15 is 0 Å². The van der Waals surface area contributed by atoms with Gasteiger partial charge in [-0.3, -0.25) is 0 Å². The molecular weight excluding hydrogens is 260 g/mol. The van der Waals surface area contributed by atoms with Crippen LogP contribution >= 0.6 is 0 Å². The summed E-state index contributed by atoms with van der Waals surface area (Å²) in [5, 5.41) is 8.35. The van der Waals surface area contributed by atoms with Crippen molar-refractivity contribution in [2.24, 2.45) is 5.14 Å². The largest absolute Gasteiger partial charge is 0.379 e. The Morgan fingerprint density at radius 1 is 1.00 bits per heavy atom.